The van der Waals surface area contributed by atoms with Crippen molar-refractivity contribution in [1.82, 2.24) is 14.3 Å². The van der Waals surface area contributed by atoms with E-state index >= 15 is 0 Å². The Hall–Kier alpha value is -3.21. The largest absolute Gasteiger partial charge is 0.472 e. The first kappa shape index (κ1) is 19.1. The van der Waals surface area contributed by atoms with Gasteiger partial charge in [-0.25, -0.2) is 14.6 Å². The van der Waals surface area contributed by atoms with E-state index in [1.807, 2.05) is 0 Å². The molecule has 4 heterocycles. The second-order valence-electron chi connectivity index (χ2n) is 6.37. The van der Waals surface area contributed by atoms with Gasteiger partial charge in [0, 0.05) is 17.3 Å². The third-order valence-corrected chi connectivity index (χ3v) is 4.81. The molecular formula is C17H12ClF3N4O4. The Labute approximate surface area is 165 Å². The molecule has 0 spiro atoms. The monoisotopic (exact) mass is 428 g/mol. The first-order chi connectivity index (χ1) is 13.6. The third kappa shape index (κ3) is 3.37. The van der Waals surface area contributed by atoms with Gasteiger partial charge < -0.3 is 19.8 Å². The number of hydrogen-bond donors (Lipinski definition) is 1. The van der Waals surface area contributed by atoms with Crippen LogP contribution in [-0.2, 0) is 10.9 Å². The highest BCUT2D eigenvalue weighted by Crippen LogP contribution is 2.37. The number of alkyl halides is 3. The van der Waals surface area contributed by atoms with Crippen LogP contribution in [0.5, 0.6) is 0 Å². The van der Waals surface area contributed by atoms with Gasteiger partial charge in [0.15, 0.2) is 11.3 Å². The molecule has 1 fully saturated rings. The van der Waals surface area contributed by atoms with E-state index in [1.54, 1.807) is 0 Å². The van der Waals surface area contributed by atoms with Crippen LogP contribution < -0.4 is 5.73 Å². The second kappa shape index (κ2) is 6.69. The summed E-state index contributed by atoms with van der Waals surface area (Å²) in [5.74, 6) is -0.995. The first-order valence-corrected chi connectivity index (χ1v) is 8.59. The molecule has 0 radical (unpaired) electrons. The number of esters is 1. The maximum Gasteiger partial charge on any atom is 0.420 e. The summed E-state index contributed by atoms with van der Waals surface area (Å²) in [6.07, 6.45) is -1.46. The number of aromatic nitrogens is 2. The molecule has 3 aromatic heterocycles. The lowest BCUT2D eigenvalue weighted by molar-refractivity contribution is -0.136. The number of carbonyl (C=O) groups is 2. The van der Waals surface area contributed by atoms with Crippen molar-refractivity contribution in [3.63, 3.8) is 0 Å². The number of rotatable bonds is 3. The molecule has 2 amide bonds. The molecule has 0 atom stereocenters. The van der Waals surface area contributed by atoms with Gasteiger partial charge in [0.25, 0.3) is 0 Å². The molecule has 0 aromatic carbocycles. The smallest absolute Gasteiger partial charge is 0.420 e. The van der Waals surface area contributed by atoms with Crippen molar-refractivity contribution >= 4 is 29.2 Å². The molecule has 152 valence electrons. The van der Waals surface area contributed by atoms with Crippen molar-refractivity contribution in [2.75, 3.05) is 13.1 Å². The number of imidazole rings is 1. The summed E-state index contributed by atoms with van der Waals surface area (Å²) in [4.78, 5) is 28.4. The number of urea groups is 1. The quantitative estimate of drug-likeness (QED) is 0.645. The predicted octanol–water partition coefficient (Wildman–Crippen LogP) is 3.19. The molecule has 8 nitrogen and oxygen atoms in total. The zero-order chi connectivity index (χ0) is 20.9. The van der Waals surface area contributed by atoms with Crippen LogP contribution in [0.3, 0.4) is 0 Å². The number of halogens is 4. The molecule has 0 saturated carbocycles. The van der Waals surface area contributed by atoms with E-state index in [9.17, 15) is 22.8 Å². The van der Waals surface area contributed by atoms with Gasteiger partial charge in [0.05, 0.1) is 31.2 Å². The van der Waals surface area contributed by atoms with Gasteiger partial charge in [-0.2, -0.15) is 13.2 Å². The highest BCUT2D eigenvalue weighted by molar-refractivity contribution is 6.32. The first-order valence-electron chi connectivity index (χ1n) is 8.22. The molecule has 0 unspecified atom stereocenters. The van der Waals surface area contributed by atoms with Crippen molar-refractivity contribution in [3.05, 3.63) is 47.3 Å². The molecule has 0 aliphatic carbocycles. The Balaban J connectivity index is 1.72. The van der Waals surface area contributed by atoms with Gasteiger partial charge in [0.1, 0.15) is 11.3 Å². The number of ether oxygens (including phenoxy) is 1. The number of nitrogens with two attached hydrogens (primary N) is 1. The molecule has 0 bridgehead atoms. The number of amides is 2. The maximum absolute atomic E-state index is 13.6. The molecule has 3 aromatic rings. The van der Waals surface area contributed by atoms with Crippen molar-refractivity contribution in [2.24, 2.45) is 5.73 Å². The number of nitrogens with zero attached hydrogens (tertiary/aromatic N) is 3. The van der Waals surface area contributed by atoms with E-state index in [4.69, 9.17) is 26.5 Å². The number of likely N-dealkylation sites (tertiary alicyclic amines) is 1. The van der Waals surface area contributed by atoms with Crippen LogP contribution in [0.25, 0.3) is 16.8 Å². The Morgan fingerprint density at radius 1 is 1.31 bits per heavy atom. The third-order valence-electron chi connectivity index (χ3n) is 4.45. The Bertz CT molecular complexity index is 1100. The summed E-state index contributed by atoms with van der Waals surface area (Å²) < 4.78 is 51.8. The van der Waals surface area contributed by atoms with E-state index in [2.05, 4.69) is 4.98 Å². The van der Waals surface area contributed by atoms with Crippen LogP contribution >= 0.6 is 11.6 Å². The van der Waals surface area contributed by atoms with E-state index in [0.29, 0.717) is 5.56 Å². The number of primary amides is 1. The lowest BCUT2D eigenvalue weighted by Crippen LogP contribution is -2.57. The molecule has 4 rings (SSSR count). The zero-order valence-electron chi connectivity index (χ0n) is 14.4. The van der Waals surface area contributed by atoms with Gasteiger partial charge in [-0.1, -0.05) is 11.6 Å². The standard InChI is InChI=1S/C17H12ClF3N4O4/c18-13-12(15(26)29-10-5-24(6-10)16(22)27)23-14-11(17(19,20)21)3-9(4-25(13)14)8-1-2-28-7-8/h1-4,7,10H,5-6H2,(H2,22,27). The Morgan fingerprint density at radius 2 is 2.03 bits per heavy atom. The molecule has 29 heavy (non-hydrogen) atoms. The fourth-order valence-corrected chi connectivity index (χ4v) is 3.19. The average molecular weight is 429 g/mol. The molecule has 2 N–H and O–H groups in total. The van der Waals surface area contributed by atoms with Crippen LogP contribution in [-0.4, -0.2) is 45.5 Å². The summed E-state index contributed by atoms with van der Waals surface area (Å²) >= 11 is 6.16. The SMILES string of the molecule is NC(=O)N1CC(OC(=O)c2nc3c(C(F)(F)F)cc(-c4ccoc4)cn3c2Cl)C1. The summed E-state index contributed by atoms with van der Waals surface area (Å²) in [5.41, 5.74) is 3.59. The molecule has 12 heteroatoms. The van der Waals surface area contributed by atoms with Gasteiger partial charge in [-0.15, -0.1) is 0 Å². The highest BCUT2D eigenvalue weighted by Gasteiger charge is 2.37. The number of hydrogen-bond acceptors (Lipinski definition) is 5. The van der Waals surface area contributed by atoms with Crippen LogP contribution in [0, 0.1) is 0 Å². The van der Waals surface area contributed by atoms with Crippen LogP contribution in [0.2, 0.25) is 5.15 Å². The van der Waals surface area contributed by atoms with Crippen molar-refractivity contribution < 1.29 is 31.9 Å². The van der Waals surface area contributed by atoms with Crippen molar-refractivity contribution in [1.29, 1.82) is 0 Å². The van der Waals surface area contributed by atoms with Crippen LogP contribution in [0.1, 0.15) is 16.1 Å². The maximum atomic E-state index is 13.6. The van der Waals surface area contributed by atoms with Crippen molar-refractivity contribution in [3.8, 4) is 11.1 Å². The van der Waals surface area contributed by atoms with Gasteiger partial charge in [-0.05, 0) is 12.1 Å². The minimum atomic E-state index is -4.74. The molecule has 1 aliphatic heterocycles. The average Bonchev–Trinajstić information content (AvgIpc) is 3.24. The van der Waals surface area contributed by atoms with E-state index in [-0.39, 0.29) is 23.8 Å². The Kier molecular flexibility index (Phi) is 4.41. The van der Waals surface area contributed by atoms with Crippen LogP contribution in [0.4, 0.5) is 18.0 Å². The Morgan fingerprint density at radius 3 is 2.62 bits per heavy atom. The fourth-order valence-electron chi connectivity index (χ4n) is 2.94. The zero-order valence-corrected chi connectivity index (χ0v) is 15.2. The summed E-state index contributed by atoms with van der Waals surface area (Å²) in [6, 6.07) is 1.72. The lowest BCUT2D eigenvalue weighted by atomic mass is 10.1. The van der Waals surface area contributed by atoms with Crippen LogP contribution in [0.15, 0.2) is 35.3 Å². The molecule has 1 saturated heterocycles. The number of pyridine rings is 1. The normalized spacial score (nSPS) is 14.8. The van der Waals surface area contributed by atoms with E-state index in [1.165, 1.54) is 29.7 Å². The molecule has 1 aliphatic rings. The van der Waals surface area contributed by atoms with Gasteiger partial charge in [0.2, 0.25) is 0 Å². The minimum absolute atomic E-state index is 0.0878. The summed E-state index contributed by atoms with van der Waals surface area (Å²) in [5, 5.41) is -0.327. The highest BCUT2D eigenvalue weighted by atomic mass is 35.5. The second-order valence-corrected chi connectivity index (χ2v) is 6.73. The van der Waals surface area contributed by atoms with Crippen molar-refractivity contribution in [2.45, 2.75) is 12.3 Å². The molecular weight excluding hydrogens is 417 g/mol. The fraction of sp³-hybridized carbons (Fsp3) is 0.235. The number of furan rings is 1. The summed E-state index contributed by atoms with van der Waals surface area (Å²) in [6.45, 7) is 0.176. The minimum Gasteiger partial charge on any atom is -0.472 e. The van der Waals surface area contributed by atoms with Gasteiger partial charge >= 0.3 is 18.2 Å². The van der Waals surface area contributed by atoms with E-state index in [0.717, 1.165) is 10.5 Å². The summed E-state index contributed by atoms with van der Waals surface area (Å²) in [7, 11) is 0. The predicted molar refractivity (Wildman–Crippen MR) is 93.3 cm³/mol. The van der Waals surface area contributed by atoms with Gasteiger partial charge in [-0.3, -0.25) is 4.40 Å². The number of fused-ring (bicyclic) bond motifs is 1. The van der Waals surface area contributed by atoms with E-state index < -0.39 is 41.2 Å². The topological polar surface area (TPSA) is 103 Å². The lowest BCUT2D eigenvalue weighted by Gasteiger charge is -2.36. The number of carbonyl (C=O) groups excluding carboxylic acids is 2.